The SMILES string of the molecule is O=C(c1ccc(Cl)c(Cl)c1)N1CCN(c2ccc(F)cc2)CC1. The standard InChI is InChI=1S/C17H15Cl2FN2O/c18-15-6-1-12(11-16(15)19)17(23)22-9-7-21(8-10-22)14-4-2-13(20)3-5-14/h1-6,11H,7-10H2. The van der Waals surface area contributed by atoms with Crippen LogP contribution in [0.25, 0.3) is 0 Å². The molecule has 0 bridgehead atoms. The van der Waals surface area contributed by atoms with E-state index in [1.54, 1.807) is 35.2 Å². The van der Waals surface area contributed by atoms with E-state index >= 15 is 0 Å². The summed E-state index contributed by atoms with van der Waals surface area (Å²) in [7, 11) is 0. The van der Waals surface area contributed by atoms with E-state index in [2.05, 4.69) is 4.90 Å². The van der Waals surface area contributed by atoms with Crippen LogP contribution in [-0.2, 0) is 0 Å². The molecule has 1 amide bonds. The Labute approximate surface area is 144 Å². The molecular weight excluding hydrogens is 338 g/mol. The number of hydrogen-bond donors (Lipinski definition) is 0. The molecule has 1 heterocycles. The highest BCUT2D eigenvalue weighted by Gasteiger charge is 2.22. The fourth-order valence-corrected chi connectivity index (χ4v) is 2.93. The summed E-state index contributed by atoms with van der Waals surface area (Å²) in [4.78, 5) is 16.4. The molecule has 0 saturated carbocycles. The van der Waals surface area contributed by atoms with Crippen molar-refractivity contribution in [3.05, 3.63) is 63.9 Å². The number of carbonyl (C=O) groups is 1. The van der Waals surface area contributed by atoms with Crippen molar-refractivity contribution in [1.82, 2.24) is 4.90 Å². The molecule has 120 valence electrons. The number of halogens is 3. The first-order valence-corrected chi connectivity index (χ1v) is 8.05. The van der Waals surface area contributed by atoms with Gasteiger partial charge in [0.25, 0.3) is 5.91 Å². The van der Waals surface area contributed by atoms with Gasteiger partial charge in [0.1, 0.15) is 5.82 Å². The topological polar surface area (TPSA) is 23.6 Å². The summed E-state index contributed by atoms with van der Waals surface area (Å²) in [6.45, 7) is 2.63. The molecule has 0 aromatic heterocycles. The number of benzene rings is 2. The van der Waals surface area contributed by atoms with Crippen LogP contribution >= 0.6 is 23.2 Å². The Balaban J connectivity index is 1.65. The highest BCUT2D eigenvalue weighted by Crippen LogP contribution is 2.24. The first-order chi connectivity index (χ1) is 11.0. The molecule has 1 saturated heterocycles. The van der Waals surface area contributed by atoms with Gasteiger partial charge in [-0.3, -0.25) is 4.79 Å². The first-order valence-electron chi connectivity index (χ1n) is 7.29. The van der Waals surface area contributed by atoms with Crippen LogP contribution in [0.5, 0.6) is 0 Å². The van der Waals surface area contributed by atoms with Gasteiger partial charge in [-0.25, -0.2) is 4.39 Å². The molecule has 23 heavy (non-hydrogen) atoms. The zero-order valence-corrected chi connectivity index (χ0v) is 13.8. The van der Waals surface area contributed by atoms with Gasteiger partial charge in [0, 0.05) is 37.4 Å². The van der Waals surface area contributed by atoms with E-state index in [4.69, 9.17) is 23.2 Å². The Bertz CT molecular complexity index is 713. The largest absolute Gasteiger partial charge is 0.368 e. The molecule has 1 fully saturated rings. The maximum absolute atomic E-state index is 13.0. The molecule has 0 spiro atoms. The molecule has 1 aliphatic rings. The molecular formula is C17H15Cl2FN2O. The lowest BCUT2D eigenvalue weighted by atomic mass is 10.1. The molecule has 1 aliphatic heterocycles. The van der Waals surface area contributed by atoms with E-state index in [0.29, 0.717) is 41.8 Å². The third-order valence-electron chi connectivity index (χ3n) is 3.93. The predicted molar refractivity (Wildman–Crippen MR) is 91.0 cm³/mol. The quantitative estimate of drug-likeness (QED) is 0.812. The molecule has 0 radical (unpaired) electrons. The van der Waals surface area contributed by atoms with Crippen LogP contribution in [0.4, 0.5) is 10.1 Å². The van der Waals surface area contributed by atoms with Crippen molar-refractivity contribution in [3.63, 3.8) is 0 Å². The summed E-state index contributed by atoms with van der Waals surface area (Å²) >= 11 is 11.9. The van der Waals surface area contributed by atoms with E-state index in [9.17, 15) is 9.18 Å². The van der Waals surface area contributed by atoms with E-state index in [1.165, 1.54) is 12.1 Å². The van der Waals surface area contributed by atoms with Crippen LogP contribution in [0.1, 0.15) is 10.4 Å². The van der Waals surface area contributed by atoms with Crippen molar-refractivity contribution >= 4 is 34.8 Å². The van der Waals surface area contributed by atoms with Gasteiger partial charge in [-0.1, -0.05) is 23.2 Å². The predicted octanol–water partition coefficient (Wildman–Crippen LogP) is 4.09. The van der Waals surface area contributed by atoms with Crippen LogP contribution in [-0.4, -0.2) is 37.0 Å². The van der Waals surface area contributed by atoms with Crippen molar-refractivity contribution in [2.24, 2.45) is 0 Å². The minimum Gasteiger partial charge on any atom is -0.368 e. The number of anilines is 1. The maximum Gasteiger partial charge on any atom is 0.254 e. The lowest BCUT2D eigenvalue weighted by molar-refractivity contribution is 0.0747. The van der Waals surface area contributed by atoms with Gasteiger partial charge in [0.2, 0.25) is 0 Å². The average Bonchev–Trinajstić information content (AvgIpc) is 2.57. The van der Waals surface area contributed by atoms with E-state index in [-0.39, 0.29) is 11.7 Å². The zero-order chi connectivity index (χ0) is 16.4. The van der Waals surface area contributed by atoms with Crippen LogP contribution in [0.15, 0.2) is 42.5 Å². The number of amides is 1. The van der Waals surface area contributed by atoms with Gasteiger partial charge >= 0.3 is 0 Å². The zero-order valence-electron chi connectivity index (χ0n) is 12.3. The minimum atomic E-state index is -0.248. The number of hydrogen-bond acceptors (Lipinski definition) is 2. The summed E-state index contributed by atoms with van der Waals surface area (Å²) in [5, 5.41) is 0.812. The number of piperazine rings is 1. The van der Waals surface area contributed by atoms with Crippen molar-refractivity contribution in [3.8, 4) is 0 Å². The monoisotopic (exact) mass is 352 g/mol. The van der Waals surface area contributed by atoms with Crippen molar-refractivity contribution < 1.29 is 9.18 Å². The second kappa shape index (κ2) is 6.77. The Morgan fingerprint density at radius 3 is 2.17 bits per heavy atom. The van der Waals surface area contributed by atoms with Gasteiger partial charge in [0.15, 0.2) is 0 Å². The lowest BCUT2D eigenvalue weighted by Gasteiger charge is -2.36. The Kier molecular flexibility index (Phi) is 4.74. The van der Waals surface area contributed by atoms with Gasteiger partial charge in [0.05, 0.1) is 10.0 Å². The highest BCUT2D eigenvalue weighted by molar-refractivity contribution is 6.42. The second-order valence-electron chi connectivity index (χ2n) is 5.38. The van der Waals surface area contributed by atoms with Gasteiger partial charge in [-0.05, 0) is 42.5 Å². The number of rotatable bonds is 2. The van der Waals surface area contributed by atoms with Crippen LogP contribution in [0, 0.1) is 5.82 Å². The molecule has 0 unspecified atom stereocenters. The molecule has 0 atom stereocenters. The Morgan fingerprint density at radius 2 is 1.57 bits per heavy atom. The lowest BCUT2D eigenvalue weighted by Crippen LogP contribution is -2.48. The van der Waals surface area contributed by atoms with Crippen molar-refractivity contribution in [2.75, 3.05) is 31.1 Å². The third-order valence-corrected chi connectivity index (χ3v) is 4.66. The summed E-state index contributed by atoms with van der Waals surface area (Å²) in [5.41, 5.74) is 1.50. The molecule has 0 N–H and O–H groups in total. The molecule has 2 aromatic carbocycles. The third kappa shape index (κ3) is 3.59. The van der Waals surface area contributed by atoms with Crippen LogP contribution < -0.4 is 4.90 Å². The molecule has 0 aliphatic carbocycles. The Morgan fingerprint density at radius 1 is 0.913 bits per heavy atom. The molecule has 2 aromatic rings. The van der Waals surface area contributed by atoms with Crippen LogP contribution in [0.2, 0.25) is 10.0 Å². The number of carbonyl (C=O) groups excluding carboxylic acids is 1. The highest BCUT2D eigenvalue weighted by atomic mass is 35.5. The molecule has 3 rings (SSSR count). The summed E-state index contributed by atoms with van der Waals surface area (Å²) < 4.78 is 13.0. The second-order valence-corrected chi connectivity index (χ2v) is 6.20. The van der Waals surface area contributed by atoms with Crippen LogP contribution in [0.3, 0.4) is 0 Å². The van der Waals surface area contributed by atoms with E-state index < -0.39 is 0 Å². The first kappa shape index (κ1) is 16.1. The summed E-state index contributed by atoms with van der Waals surface area (Å²) in [6.07, 6.45) is 0. The number of nitrogens with zero attached hydrogens (tertiary/aromatic N) is 2. The van der Waals surface area contributed by atoms with Gasteiger partial charge in [-0.2, -0.15) is 0 Å². The smallest absolute Gasteiger partial charge is 0.254 e. The normalized spacial score (nSPS) is 14.9. The van der Waals surface area contributed by atoms with Gasteiger partial charge < -0.3 is 9.80 Å². The average molecular weight is 353 g/mol. The van der Waals surface area contributed by atoms with E-state index in [1.807, 2.05) is 0 Å². The summed E-state index contributed by atoms with van der Waals surface area (Å²) in [6, 6.07) is 11.3. The van der Waals surface area contributed by atoms with Crippen molar-refractivity contribution in [2.45, 2.75) is 0 Å². The summed E-state index contributed by atoms with van der Waals surface area (Å²) in [5.74, 6) is -0.301. The molecule has 6 heteroatoms. The van der Waals surface area contributed by atoms with Gasteiger partial charge in [-0.15, -0.1) is 0 Å². The fourth-order valence-electron chi connectivity index (χ4n) is 2.63. The minimum absolute atomic E-state index is 0.0534. The van der Waals surface area contributed by atoms with E-state index in [0.717, 1.165) is 5.69 Å². The maximum atomic E-state index is 13.0. The molecule has 3 nitrogen and oxygen atoms in total. The fraction of sp³-hybridized carbons (Fsp3) is 0.235. The van der Waals surface area contributed by atoms with Crippen molar-refractivity contribution in [1.29, 1.82) is 0 Å². The Hall–Kier alpha value is -1.78.